The minimum atomic E-state index is 0.362. The van der Waals surface area contributed by atoms with Crippen LogP contribution >= 0.6 is 11.3 Å². The second kappa shape index (κ2) is 3.55. The third-order valence-electron chi connectivity index (χ3n) is 2.16. The molecule has 4 heteroatoms. The van der Waals surface area contributed by atoms with Crippen molar-refractivity contribution in [2.45, 2.75) is 19.9 Å². The number of ketones is 1. The normalized spacial score (nSPS) is 18.4. The van der Waals surface area contributed by atoms with E-state index in [1.165, 1.54) is 4.88 Å². The molecule has 0 spiro atoms. The second-order valence-corrected chi connectivity index (χ2v) is 4.66. The number of nitrogens with zero attached hydrogens (tertiary/aromatic N) is 2. The molecule has 0 bridgehead atoms. The van der Waals surface area contributed by atoms with Gasteiger partial charge in [-0.2, -0.15) is 0 Å². The van der Waals surface area contributed by atoms with E-state index in [0.29, 0.717) is 12.3 Å². The summed E-state index contributed by atoms with van der Waals surface area (Å²) in [5, 5.41) is 1.10. The molecule has 0 N–H and O–H groups in total. The van der Waals surface area contributed by atoms with Crippen molar-refractivity contribution in [2.24, 2.45) is 0 Å². The second-order valence-electron chi connectivity index (χ2n) is 3.34. The summed E-state index contributed by atoms with van der Waals surface area (Å²) in [5.41, 5.74) is 0. The zero-order valence-electron chi connectivity index (χ0n) is 7.62. The van der Waals surface area contributed by atoms with Crippen LogP contribution in [0.2, 0.25) is 0 Å². The Labute approximate surface area is 81.4 Å². The summed E-state index contributed by atoms with van der Waals surface area (Å²) in [5.74, 6) is 0.362. The lowest BCUT2D eigenvalue weighted by molar-refractivity contribution is -0.116. The lowest BCUT2D eigenvalue weighted by Gasteiger charge is -2.10. The maximum absolute atomic E-state index is 11.0. The van der Waals surface area contributed by atoms with Crippen LogP contribution < -0.4 is 0 Å². The van der Waals surface area contributed by atoms with Crippen LogP contribution in [0.25, 0.3) is 0 Å². The molecule has 1 aromatic heterocycles. The molecule has 2 heterocycles. The Bertz CT molecular complexity index is 321. The van der Waals surface area contributed by atoms with Gasteiger partial charge in [-0.1, -0.05) is 0 Å². The van der Waals surface area contributed by atoms with Gasteiger partial charge in [-0.3, -0.25) is 9.69 Å². The van der Waals surface area contributed by atoms with E-state index in [1.807, 2.05) is 13.1 Å². The molecule has 0 saturated carbocycles. The summed E-state index contributed by atoms with van der Waals surface area (Å²) in [6, 6.07) is 0. The van der Waals surface area contributed by atoms with E-state index in [-0.39, 0.29) is 0 Å². The van der Waals surface area contributed by atoms with Crippen molar-refractivity contribution in [2.75, 3.05) is 13.1 Å². The highest BCUT2D eigenvalue weighted by Gasteiger charge is 2.19. The van der Waals surface area contributed by atoms with Crippen LogP contribution in [0.4, 0.5) is 0 Å². The maximum atomic E-state index is 11.0. The lowest BCUT2D eigenvalue weighted by Crippen LogP contribution is -2.19. The molecule has 0 aliphatic carbocycles. The van der Waals surface area contributed by atoms with Crippen LogP contribution in [-0.2, 0) is 11.3 Å². The molecule has 1 aromatic rings. The minimum absolute atomic E-state index is 0.362. The van der Waals surface area contributed by atoms with E-state index in [0.717, 1.165) is 24.5 Å². The van der Waals surface area contributed by atoms with Gasteiger partial charge in [0.2, 0.25) is 0 Å². The summed E-state index contributed by atoms with van der Waals surface area (Å²) in [6.07, 6.45) is 2.63. The predicted octanol–water partition coefficient (Wildman–Crippen LogP) is 1.23. The Morgan fingerprint density at radius 3 is 3.08 bits per heavy atom. The summed E-state index contributed by atoms with van der Waals surface area (Å²) in [4.78, 5) is 18.6. The number of thiazole rings is 1. The first-order chi connectivity index (χ1) is 6.24. The first-order valence-electron chi connectivity index (χ1n) is 4.39. The smallest absolute Gasteiger partial charge is 0.148 e. The molecule has 1 aliphatic rings. The zero-order chi connectivity index (χ0) is 9.26. The monoisotopic (exact) mass is 196 g/mol. The highest BCUT2D eigenvalue weighted by molar-refractivity contribution is 7.11. The number of hydrogen-bond donors (Lipinski definition) is 0. The quantitative estimate of drug-likeness (QED) is 0.713. The van der Waals surface area contributed by atoms with Crippen LogP contribution in [0.5, 0.6) is 0 Å². The molecule has 1 saturated heterocycles. The molecule has 3 nitrogen and oxygen atoms in total. The van der Waals surface area contributed by atoms with Gasteiger partial charge in [0.15, 0.2) is 0 Å². The van der Waals surface area contributed by atoms with Crippen molar-refractivity contribution in [3.63, 3.8) is 0 Å². The molecular weight excluding hydrogens is 184 g/mol. The van der Waals surface area contributed by atoms with Crippen molar-refractivity contribution in [1.82, 2.24) is 9.88 Å². The van der Waals surface area contributed by atoms with Crippen LogP contribution in [0.3, 0.4) is 0 Å². The molecule has 0 radical (unpaired) electrons. The Kier molecular flexibility index (Phi) is 2.42. The fraction of sp³-hybridized carbons (Fsp3) is 0.556. The molecule has 2 rings (SSSR count). The van der Waals surface area contributed by atoms with Gasteiger partial charge in [-0.15, -0.1) is 11.3 Å². The van der Waals surface area contributed by atoms with Gasteiger partial charge in [-0.05, 0) is 6.92 Å². The molecule has 1 aliphatic heterocycles. The third kappa shape index (κ3) is 2.14. The number of rotatable bonds is 2. The van der Waals surface area contributed by atoms with Crippen molar-refractivity contribution in [3.05, 3.63) is 16.1 Å². The zero-order valence-corrected chi connectivity index (χ0v) is 8.43. The Morgan fingerprint density at radius 1 is 1.69 bits per heavy atom. The fourth-order valence-corrected chi connectivity index (χ4v) is 2.36. The van der Waals surface area contributed by atoms with E-state index in [4.69, 9.17) is 0 Å². The van der Waals surface area contributed by atoms with Gasteiger partial charge >= 0.3 is 0 Å². The van der Waals surface area contributed by atoms with Crippen LogP contribution in [0.1, 0.15) is 16.3 Å². The molecular formula is C9H12N2OS. The van der Waals surface area contributed by atoms with Gasteiger partial charge in [0, 0.05) is 30.6 Å². The first-order valence-corrected chi connectivity index (χ1v) is 5.21. The third-order valence-corrected chi connectivity index (χ3v) is 3.05. The number of carbonyl (C=O) groups excluding carboxylic acids is 1. The van der Waals surface area contributed by atoms with E-state index >= 15 is 0 Å². The number of carbonyl (C=O) groups is 1. The Morgan fingerprint density at radius 2 is 2.54 bits per heavy atom. The van der Waals surface area contributed by atoms with Gasteiger partial charge < -0.3 is 0 Å². The first kappa shape index (κ1) is 8.84. The number of Topliss-reactive ketones (excluding diaryl/α,β-unsaturated/α-hetero) is 1. The van der Waals surface area contributed by atoms with Gasteiger partial charge in [0.05, 0.1) is 11.6 Å². The van der Waals surface area contributed by atoms with Crippen LogP contribution in [0, 0.1) is 6.92 Å². The number of aromatic nitrogens is 1. The lowest BCUT2D eigenvalue weighted by atomic mass is 10.4. The van der Waals surface area contributed by atoms with E-state index in [9.17, 15) is 4.79 Å². The summed E-state index contributed by atoms with van der Waals surface area (Å²) in [6.45, 7) is 4.42. The standard InChI is InChI=1S/C9H12N2OS/c1-7-10-4-9(13-7)6-11-3-2-8(12)5-11/h4H,2-3,5-6H2,1H3. The predicted molar refractivity (Wildman–Crippen MR) is 51.8 cm³/mol. The van der Waals surface area contributed by atoms with Crippen molar-refractivity contribution in [3.8, 4) is 0 Å². The molecule has 13 heavy (non-hydrogen) atoms. The summed E-state index contributed by atoms with van der Waals surface area (Å²) in [7, 11) is 0. The highest BCUT2D eigenvalue weighted by atomic mass is 32.1. The number of hydrogen-bond acceptors (Lipinski definition) is 4. The number of aryl methyl sites for hydroxylation is 1. The average Bonchev–Trinajstić information content (AvgIpc) is 2.62. The Hall–Kier alpha value is -0.740. The van der Waals surface area contributed by atoms with Gasteiger partial charge in [0.25, 0.3) is 0 Å². The molecule has 70 valence electrons. The van der Waals surface area contributed by atoms with E-state index in [1.54, 1.807) is 11.3 Å². The molecule has 0 amide bonds. The topological polar surface area (TPSA) is 33.2 Å². The fourth-order valence-electron chi connectivity index (χ4n) is 1.52. The van der Waals surface area contributed by atoms with Crippen LogP contribution in [0.15, 0.2) is 6.20 Å². The summed E-state index contributed by atoms with van der Waals surface area (Å²) < 4.78 is 0. The minimum Gasteiger partial charge on any atom is -0.298 e. The highest BCUT2D eigenvalue weighted by Crippen LogP contribution is 2.16. The number of likely N-dealkylation sites (tertiary alicyclic amines) is 1. The Balaban J connectivity index is 1.95. The van der Waals surface area contributed by atoms with Crippen LogP contribution in [-0.4, -0.2) is 28.8 Å². The van der Waals surface area contributed by atoms with Crippen molar-refractivity contribution < 1.29 is 4.79 Å². The van der Waals surface area contributed by atoms with Crippen molar-refractivity contribution in [1.29, 1.82) is 0 Å². The molecule has 1 fully saturated rings. The van der Waals surface area contributed by atoms with Crippen molar-refractivity contribution >= 4 is 17.1 Å². The average molecular weight is 196 g/mol. The van der Waals surface area contributed by atoms with E-state index < -0.39 is 0 Å². The molecule has 0 aromatic carbocycles. The maximum Gasteiger partial charge on any atom is 0.148 e. The van der Waals surface area contributed by atoms with Gasteiger partial charge in [0.1, 0.15) is 5.78 Å². The summed E-state index contributed by atoms with van der Waals surface area (Å²) >= 11 is 1.71. The SMILES string of the molecule is Cc1ncc(CN2CCC(=O)C2)s1. The molecule has 0 unspecified atom stereocenters. The largest absolute Gasteiger partial charge is 0.298 e. The molecule has 0 atom stereocenters. The van der Waals surface area contributed by atoms with E-state index in [2.05, 4.69) is 9.88 Å². The van der Waals surface area contributed by atoms with Gasteiger partial charge in [-0.25, -0.2) is 4.98 Å².